The predicted octanol–water partition coefficient (Wildman–Crippen LogP) is 5.73. The molecular weight excluding hydrogens is 547 g/mol. The molecule has 2 heterocycles. The van der Waals surface area contributed by atoms with Gasteiger partial charge in [-0.2, -0.15) is 0 Å². The van der Waals surface area contributed by atoms with E-state index in [4.69, 9.17) is 32.7 Å². The predicted molar refractivity (Wildman–Crippen MR) is 141 cm³/mol. The Morgan fingerprint density at radius 3 is 2.39 bits per heavy atom. The number of carbonyl (C=O) groups excluding carboxylic acids is 3. The summed E-state index contributed by atoms with van der Waals surface area (Å²) in [7, 11) is 0. The van der Waals surface area contributed by atoms with Gasteiger partial charge in [-0.1, -0.05) is 35.0 Å². The van der Waals surface area contributed by atoms with E-state index in [1.807, 2.05) is 11.5 Å². The average Bonchev–Trinajstić information content (AvgIpc) is 3.40. The molecule has 0 spiro atoms. The van der Waals surface area contributed by atoms with Crippen LogP contribution in [0.2, 0.25) is 10.0 Å². The van der Waals surface area contributed by atoms with Crippen molar-refractivity contribution in [2.75, 3.05) is 24.3 Å². The standard InChI is InChI=1S/C23H24Cl2N4O5S2/c1-5-29-19(13-8-9-14(24)15(25)10-13)27-28-23(29)35-11-16(30)26-20-17(21(31)33-6-2)12(4)18(36-20)22(32)34-7-3/h8-10H,5-7,11H2,1-4H3,(H,26,30). The largest absolute Gasteiger partial charge is 0.462 e. The van der Waals surface area contributed by atoms with Crippen LogP contribution in [0.4, 0.5) is 5.00 Å². The first-order valence-corrected chi connectivity index (χ1v) is 13.6. The lowest BCUT2D eigenvalue weighted by molar-refractivity contribution is -0.113. The summed E-state index contributed by atoms with van der Waals surface area (Å²) in [4.78, 5) is 37.9. The van der Waals surface area contributed by atoms with Crippen molar-refractivity contribution < 1.29 is 23.9 Å². The number of benzene rings is 1. The molecule has 2 aromatic heterocycles. The number of hydrogen-bond acceptors (Lipinski definition) is 9. The summed E-state index contributed by atoms with van der Waals surface area (Å²) in [6.45, 7) is 7.82. The highest BCUT2D eigenvalue weighted by molar-refractivity contribution is 7.99. The molecule has 0 fully saturated rings. The summed E-state index contributed by atoms with van der Waals surface area (Å²) in [5, 5.41) is 12.8. The number of thiophene rings is 1. The monoisotopic (exact) mass is 570 g/mol. The van der Waals surface area contributed by atoms with Crippen LogP contribution in [0.1, 0.15) is 46.4 Å². The minimum absolute atomic E-state index is 0.00649. The molecule has 0 atom stereocenters. The number of esters is 2. The number of nitrogens with zero attached hydrogens (tertiary/aromatic N) is 3. The highest BCUT2D eigenvalue weighted by Gasteiger charge is 2.27. The number of amides is 1. The number of carbonyl (C=O) groups is 3. The van der Waals surface area contributed by atoms with Crippen molar-refractivity contribution >= 4 is 69.1 Å². The molecular formula is C23H24Cl2N4O5S2. The van der Waals surface area contributed by atoms with Crippen LogP contribution in [-0.2, 0) is 20.8 Å². The number of aromatic nitrogens is 3. The Hall–Kier alpha value is -2.60. The number of anilines is 1. The van der Waals surface area contributed by atoms with Gasteiger partial charge in [0.25, 0.3) is 0 Å². The molecule has 192 valence electrons. The maximum Gasteiger partial charge on any atom is 0.348 e. The number of hydrogen-bond donors (Lipinski definition) is 1. The normalized spacial score (nSPS) is 10.8. The van der Waals surface area contributed by atoms with E-state index in [0.717, 1.165) is 16.9 Å². The average molecular weight is 572 g/mol. The minimum atomic E-state index is -0.623. The van der Waals surface area contributed by atoms with E-state index >= 15 is 0 Å². The molecule has 36 heavy (non-hydrogen) atoms. The van der Waals surface area contributed by atoms with Crippen LogP contribution in [0.25, 0.3) is 11.4 Å². The summed E-state index contributed by atoms with van der Waals surface area (Å²) >= 11 is 14.3. The third kappa shape index (κ3) is 6.20. The van der Waals surface area contributed by atoms with Gasteiger partial charge in [-0.25, -0.2) is 9.59 Å². The lowest BCUT2D eigenvalue weighted by Gasteiger charge is -2.09. The lowest BCUT2D eigenvalue weighted by atomic mass is 10.1. The Bertz CT molecular complexity index is 1290. The minimum Gasteiger partial charge on any atom is -0.462 e. The molecule has 1 N–H and O–H groups in total. The number of ether oxygens (including phenoxy) is 2. The van der Waals surface area contributed by atoms with Gasteiger partial charge in [-0.3, -0.25) is 4.79 Å². The first-order chi connectivity index (χ1) is 17.2. The Morgan fingerprint density at radius 1 is 1.06 bits per heavy atom. The molecule has 0 saturated heterocycles. The molecule has 0 aliphatic carbocycles. The maximum atomic E-state index is 12.8. The lowest BCUT2D eigenvalue weighted by Crippen LogP contribution is -2.17. The van der Waals surface area contributed by atoms with Crippen LogP contribution in [0.3, 0.4) is 0 Å². The number of thioether (sulfide) groups is 1. The van der Waals surface area contributed by atoms with Crippen molar-refractivity contribution in [2.45, 2.75) is 39.4 Å². The third-order valence-corrected chi connectivity index (χ3v) is 7.78. The second-order valence-corrected chi connectivity index (χ2v) is 9.99. The molecule has 0 bridgehead atoms. The van der Waals surface area contributed by atoms with Crippen LogP contribution < -0.4 is 5.32 Å². The number of halogens is 2. The molecule has 1 amide bonds. The number of nitrogens with one attached hydrogen (secondary N) is 1. The number of rotatable bonds is 10. The molecule has 3 rings (SSSR count). The Balaban J connectivity index is 1.79. The Labute approximate surface area is 226 Å². The van der Waals surface area contributed by atoms with Crippen LogP contribution in [0.15, 0.2) is 23.4 Å². The second kappa shape index (κ2) is 12.6. The van der Waals surface area contributed by atoms with Gasteiger partial charge in [0.1, 0.15) is 9.88 Å². The van der Waals surface area contributed by atoms with E-state index < -0.39 is 11.9 Å². The van der Waals surface area contributed by atoms with E-state index in [0.29, 0.717) is 33.1 Å². The van der Waals surface area contributed by atoms with Crippen molar-refractivity contribution in [3.8, 4) is 11.4 Å². The van der Waals surface area contributed by atoms with Crippen LogP contribution in [0, 0.1) is 6.92 Å². The van der Waals surface area contributed by atoms with Gasteiger partial charge < -0.3 is 19.4 Å². The quantitative estimate of drug-likeness (QED) is 0.243. The molecule has 9 nitrogen and oxygen atoms in total. The van der Waals surface area contributed by atoms with Gasteiger partial charge in [0.15, 0.2) is 11.0 Å². The fraction of sp³-hybridized carbons (Fsp3) is 0.348. The van der Waals surface area contributed by atoms with Crippen LogP contribution in [0.5, 0.6) is 0 Å². The summed E-state index contributed by atoms with van der Waals surface area (Å²) in [5.74, 6) is -0.985. The van der Waals surface area contributed by atoms with Gasteiger partial charge in [0.05, 0.1) is 34.6 Å². The molecule has 1 aromatic carbocycles. The van der Waals surface area contributed by atoms with E-state index in [1.165, 1.54) is 11.8 Å². The maximum absolute atomic E-state index is 12.8. The summed E-state index contributed by atoms with van der Waals surface area (Å²) in [6.07, 6.45) is 0. The highest BCUT2D eigenvalue weighted by atomic mass is 35.5. The first kappa shape index (κ1) is 28.0. The summed E-state index contributed by atoms with van der Waals surface area (Å²) in [5.41, 5.74) is 1.29. The van der Waals surface area contributed by atoms with Crippen molar-refractivity contribution in [3.63, 3.8) is 0 Å². The van der Waals surface area contributed by atoms with E-state index in [2.05, 4.69) is 15.5 Å². The topological polar surface area (TPSA) is 112 Å². The molecule has 3 aromatic rings. The SMILES string of the molecule is CCOC(=O)c1sc(NC(=O)CSc2nnc(-c3ccc(Cl)c(Cl)c3)n2CC)c(C(=O)OCC)c1C. The van der Waals surface area contributed by atoms with Crippen LogP contribution >= 0.6 is 46.3 Å². The van der Waals surface area contributed by atoms with E-state index in [1.54, 1.807) is 39.0 Å². The fourth-order valence-electron chi connectivity index (χ4n) is 3.26. The van der Waals surface area contributed by atoms with E-state index in [-0.39, 0.29) is 40.3 Å². The summed E-state index contributed by atoms with van der Waals surface area (Å²) < 4.78 is 12.1. The molecule has 0 aliphatic rings. The molecule has 13 heteroatoms. The highest BCUT2D eigenvalue weighted by Crippen LogP contribution is 2.35. The molecule has 0 aliphatic heterocycles. The fourth-order valence-corrected chi connectivity index (χ4v) is 5.47. The Kier molecular flexibility index (Phi) is 9.77. The molecule has 0 radical (unpaired) electrons. The zero-order valence-corrected chi connectivity index (χ0v) is 23.2. The van der Waals surface area contributed by atoms with Crippen molar-refractivity contribution in [1.29, 1.82) is 0 Å². The second-order valence-electron chi connectivity index (χ2n) is 7.22. The summed E-state index contributed by atoms with van der Waals surface area (Å²) in [6, 6.07) is 5.18. The smallest absolute Gasteiger partial charge is 0.348 e. The zero-order valence-electron chi connectivity index (χ0n) is 20.0. The third-order valence-electron chi connectivity index (χ3n) is 4.88. The van der Waals surface area contributed by atoms with Gasteiger partial charge in [-0.15, -0.1) is 21.5 Å². The van der Waals surface area contributed by atoms with Gasteiger partial charge >= 0.3 is 11.9 Å². The Morgan fingerprint density at radius 2 is 1.75 bits per heavy atom. The first-order valence-electron chi connectivity index (χ1n) is 11.0. The van der Waals surface area contributed by atoms with Gasteiger partial charge in [-0.05, 0) is 51.5 Å². The van der Waals surface area contributed by atoms with Crippen molar-refractivity contribution in [2.24, 2.45) is 0 Å². The molecule has 0 unspecified atom stereocenters. The van der Waals surface area contributed by atoms with Gasteiger partial charge in [0, 0.05) is 12.1 Å². The van der Waals surface area contributed by atoms with Crippen molar-refractivity contribution in [3.05, 3.63) is 44.2 Å². The van der Waals surface area contributed by atoms with Crippen LogP contribution in [-0.4, -0.2) is 51.6 Å². The van der Waals surface area contributed by atoms with Gasteiger partial charge in [0.2, 0.25) is 5.91 Å². The zero-order chi connectivity index (χ0) is 26.4. The van der Waals surface area contributed by atoms with Crippen molar-refractivity contribution in [1.82, 2.24) is 14.8 Å². The van der Waals surface area contributed by atoms with E-state index in [9.17, 15) is 14.4 Å². The molecule has 0 saturated carbocycles.